The number of rotatable bonds is 6. The molecule has 0 bridgehead atoms. The van der Waals surface area contributed by atoms with Gasteiger partial charge in [0, 0.05) is 10.6 Å². The molecule has 0 heterocycles. The summed E-state index contributed by atoms with van der Waals surface area (Å²) in [5, 5.41) is 6.41. The largest absolute Gasteiger partial charge is 0.497 e. The highest BCUT2D eigenvalue weighted by molar-refractivity contribution is 6.36. The smallest absolute Gasteiger partial charge is 0.343 e. The van der Waals surface area contributed by atoms with Crippen LogP contribution in [-0.2, 0) is 0 Å². The molecule has 6 nitrogen and oxygen atoms in total. The Morgan fingerprint density at radius 3 is 2.44 bits per heavy atom. The standard InChI is InChI=1S/C26H18Cl2N2O4/c1-33-19-10-6-17(7-11-19)26(32)34-24-13-8-16-4-2-3-5-20(16)22(24)15-29-30-25(31)21-12-9-18(27)14-23(21)28/h2-15H,1H3,(H,30,31). The van der Waals surface area contributed by atoms with Gasteiger partial charge in [-0.05, 0) is 59.3 Å². The second-order valence-electron chi connectivity index (χ2n) is 7.14. The van der Waals surface area contributed by atoms with E-state index in [1.165, 1.54) is 18.3 Å². The number of halogens is 2. The zero-order chi connectivity index (χ0) is 24.1. The lowest BCUT2D eigenvalue weighted by molar-refractivity contribution is 0.0734. The molecule has 8 heteroatoms. The van der Waals surface area contributed by atoms with Crippen LogP contribution in [0.25, 0.3) is 10.8 Å². The first kappa shape index (κ1) is 23.3. The van der Waals surface area contributed by atoms with E-state index in [1.54, 1.807) is 43.5 Å². The summed E-state index contributed by atoms with van der Waals surface area (Å²) in [6.45, 7) is 0. The van der Waals surface area contributed by atoms with E-state index in [0.29, 0.717) is 27.6 Å². The fraction of sp³-hybridized carbons (Fsp3) is 0.0385. The maximum absolute atomic E-state index is 12.7. The number of methoxy groups -OCH3 is 1. The number of hydrogen-bond donors (Lipinski definition) is 1. The Morgan fingerprint density at radius 1 is 0.941 bits per heavy atom. The number of fused-ring (bicyclic) bond motifs is 1. The minimum atomic E-state index is -0.537. The molecule has 0 aliphatic rings. The van der Waals surface area contributed by atoms with Gasteiger partial charge in [0.15, 0.2) is 0 Å². The van der Waals surface area contributed by atoms with Crippen molar-refractivity contribution >= 4 is 52.1 Å². The van der Waals surface area contributed by atoms with Gasteiger partial charge >= 0.3 is 5.97 Å². The average Bonchev–Trinajstić information content (AvgIpc) is 2.85. The molecular weight excluding hydrogens is 475 g/mol. The van der Waals surface area contributed by atoms with Crippen LogP contribution in [0.15, 0.2) is 84.0 Å². The summed E-state index contributed by atoms with van der Waals surface area (Å²) in [5.41, 5.74) is 3.57. The van der Waals surface area contributed by atoms with Gasteiger partial charge in [-0.2, -0.15) is 5.10 Å². The number of benzene rings is 4. The van der Waals surface area contributed by atoms with E-state index in [-0.39, 0.29) is 10.6 Å². The van der Waals surface area contributed by atoms with Crippen LogP contribution < -0.4 is 14.9 Å². The molecule has 4 rings (SSSR count). The Kier molecular flexibility index (Phi) is 7.11. The van der Waals surface area contributed by atoms with Gasteiger partial charge in [-0.1, -0.05) is 53.5 Å². The summed E-state index contributed by atoms with van der Waals surface area (Å²) in [5.74, 6) is -0.117. The normalized spacial score (nSPS) is 10.9. The number of nitrogens with one attached hydrogen (secondary N) is 1. The number of carbonyl (C=O) groups excluding carboxylic acids is 2. The number of hydrogen-bond acceptors (Lipinski definition) is 5. The van der Waals surface area contributed by atoms with Gasteiger partial charge in [0.05, 0.1) is 29.5 Å². The maximum Gasteiger partial charge on any atom is 0.343 e. The molecule has 170 valence electrons. The number of nitrogens with zero attached hydrogens (tertiary/aromatic N) is 1. The van der Waals surface area contributed by atoms with Crippen molar-refractivity contribution in [1.29, 1.82) is 0 Å². The fourth-order valence-corrected chi connectivity index (χ4v) is 3.77. The first-order valence-electron chi connectivity index (χ1n) is 10.1. The minimum Gasteiger partial charge on any atom is -0.497 e. The molecule has 4 aromatic rings. The summed E-state index contributed by atoms with van der Waals surface area (Å²) in [7, 11) is 1.55. The summed E-state index contributed by atoms with van der Waals surface area (Å²) < 4.78 is 10.8. The molecule has 0 saturated heterocycles. The second-order valence-corrected chi connectivity index (χ2v) is 7.98. The van der Waals surface area contributed by atoms with Gasteiger partial charge in [0.1, 0.15) is 11.5 Å². The van der Waals surface area contributed by atoms with E-state index in [0.717, 1.165) is 10.8 Å². The van der Waals surface area contributed by atoms with Gasteiger partial charge in [-0.25, -0.2) is 10.2 Å². The highest BCUT2D eigenvalue weighted by Gasteiger charge is 2.14. The van der Waals surface area contributed by atoms with Crippen LogP contribution in [0.2, 0.25) is 10.0 Å². The van der Waals surface area contributed by atoms with Crippen molar-refractivity contribution in [2.75, 3.05) is 7.11 Å². The van der Waals surface area contributed by atoms with Crippen molar-refractivity contribution in [2.45, 2.75) is 0 Å². The van der Waals surface area contributed by atoms with E-state index in [4.69, 9.17) is 32.7 Å². The third-order valence-electron chi connectivity index (χ3n) is 4.99. The van der Waals surface area contributed by atoms with E-state index in [1.807, 2.05) is 30.3 Å². The lowest BCUT2D eigenvalue weighted by Crippen LogP contribution is -2.18. The number of amides is 1. The highest BCUT2D eigenvalue weighted by Crippen LogP contribution is 2.28. The Morgan fingerprint density at radius 2 is 1.71 bits per heavy atom. The van der Waals surface area contributed by atoms with Crippen LogP contribution in [0.1, 0.15) is 26.3 Å². The molecule has 1 N–H and O–H groups in total. The van der Waals surface area contributed by atoms with Gasteiger partial charge in [0.2, 0.25) is 0 Å². The molecular formula is C26H18Cl2N2O4. The molecule has 0 radical (unpaired) electrons. The number of ether oxygens (including phenoxy) is 2. The zero-order valence-electron chi connectivity index (χ0n) is 17.9. The van der Waals surface area contributed by atoms with Crippen molar-refractivity contribution in [1.82, 2.24) is 5.43 Å². The van der Waals surface area contributed by atoms with E-state index in [9.17, 15) is 9.59 Å². The molecule has 0 aliphatic carbocycles. The van der Waals surface area contributed by atoms with Crippen molar-refractivity contribution < 1.29 is 19.1 Å². The lowest BCUT2D eigenvalue weighted by atomic mass is 10.0. The third kappa shape index (κ3) is 5.20. The second kappa shape index (κ2) is 10.4. The quantitative estimate of drug-likeness (QED) is 0.152. The Bertz CT molecular complexity index is 1400. The summed E-state index contributed by atoms with van der Waals surface area (Å²) >= 11 is 12.0. The molecule has 0 aliphatic heterocycles. The predicted octanol–water partition coefficient (Wildman–Crippen LogP) is 6.14. The van der Waals surface area contributed by atoms with Crippen LogP contribution in [0.4, 0.5) is 0 Å². The van der Waals surface area contributed by atoms with Crippen molar-refractivity contribution in [3.8, 4) is 11.5 Å². The number of hydrazone groups is 1. The van der Waals surface area contributed by atoms with Crippen molar-refractivity contribution in [3.05, 3.63) is 106 Å². The van der Waals surface area contributed by atoms with Crippen molar-refractivity contribution in [3.63, 3.8) is 0 Å². The van der Waals surface area contributed by atoms with Gasteiger partial charge < -0.3 is 9.47 Å². The molecule has 0 aromatic heterocycles. The molecule has 0 unspecified atom stereocenters. The Hall–Kier alpha value is -3.87. The predicted molar refractivity (Wildman–Crippen MR) is 133 cm³/mol. The van der Waals surface area contributed by atoms with Gasteiger partial charge in [-0.15, -0.1) is 0 Å². The van der Waals surface area contributed by atoms with E-state index >= 15 is 0 Å². The van der Waals surface area contributed by atoms with E-state index in [2.05, 4.69) is 10.5 Å². The Balaban J connectivity index is 1.61. The first-order valence-corrected chi connectivity index (χ1v) is 10.9. The lowest BCUT2D eigenvalue weighted by Gasteiger charge is -2.11. The first-order chi connectivity index (χ1) is 16.5. The molecule has 34 heavy (non-hydrogen) atoms. The van der Waals surface area contributed by atoms with Crippen LogP contribution in [0.3, 0.4) is 0 Å². The summed E-state index contributed by atoms with van der Waals surface area (Å²) in [6, 6.07) is 22.2. The fourth-order valence-electron chi connectivity index (χ4n) is 3.27. The van der Waals surface area contributed by atoms with Crippen molar-refractivity contribution in [2.24, 2.45) is 5.10 Å². The topological polar surface area (TPSA) is 77.0 Å². The van der Waals surface area contributed by atoms with Crippen LogP contribution >= 0.6 is 23.2 Å². The maximum atomic E-state index is 12.7. The van der Waals surface area contributed by atoms with Gasteiger partial charge in [-0.3, -0.25) is 4.79 Å². The molecule has 0 saturated carbocycles. The summed E-state index contributed by atoms with van der Waals surface area (Å²) in [6.07, 6.45) is 1.43. The molecule has 4 aromatic carbocycles. The highest BCUT2D eigenvalue weighted by atomic mass is 35.5. The molecule has 1 amide bonds. The van der Waals surface area contributed by atoms with E-state index < -0.39 is 11.9 Å². The summed E-state index contributed by atoms with van der Waals surface area (Å²) in [4.78, 5) is 25.2. The Labute approximate surface area is 205 Å². The third-order valence-corrected chi connectivity index (χ3v) is 5.54. The SMILES string of the molecule is COc1ccc(C(=O)Oc2ccc3ccccc3c2C=NNC(=O)c2ccc(Cl)cc2Cl)cc1. The molecule has 0 atom stereocenters. The monoisotopic (exact) mass is 492 g/mol. The van der Waals surface area contributed by atoms with Crippen LogP contribution in [0, 0.1) is 0 Å². The van der Waals surface area contributed by atoms with Crippen LogP contribution in [-0.4, -0.2) is 25.2 Å². The number of carbonyl (C=O) groups is 2. The van der Waals surface area contributed by atoms with Gasteiger partial charge in [0.25, 0.3) is 5.91 Å². The molecule has 0 fully saturated rings. The molecule has 0 spiro atoms. The van der Waals surface area contributed by atoms with Crippen LogP contribution in [0.5, 0.6) is 11.5 Å². The number of esters is 1. The zero-order valence-corrected chi connectivity index (χ0v) is 19.4. The average molecular weight is 493 g/mol. The minimum absolute atomic E-state index is 0.208.